The van der Waals surface area contributed by atoms with Gasteiger partial charge in [0.15, 0.2) is 0 Å². The van der Waals surface area contributed by atoms with E-state index >= 15 is 0 Å². The van der Waals surface area contributed by atoms with Crippen molar-refractivity contribution in [3.05, 3.63) is 91.1 Å². The lowest BCUT2D eigenvalue weighted by Gasteiger charge is -2.27. The van der Waals surface area contributed by atoms with Crippen LogP contribution in [-0.4, -0.2) is 33.6 Å². The topological polar surface area (TPSA) is 101 Å². The van der Waals surface area contributed by atoms with E-state index in [1.54, 1.807) is 12.1 Å². The van der Waals surface area contributed by atoms with Gasteiger partial charge in [0.05, 0.1) is 23.6 Å². The summed E-state index contributed by atoms with van der Waals surface area (Å²) in [5, 5.41) is 13.1. The van der Waals surface area contributed by atoms with Crippen LogP contribution in [0.2, 0.25) is 5.02 Å². The number of carbonyl (C=O) groups is 3. The van der Waals surface area contributed by atoms with Gasteiger partial charge in [-0.2, -0.15) is 0 Å². The van der Waals surface area contributed by atoms with Crippen molar-refractivity contribution in [2.24, 2.45) is 0 Å². The van der Waals surface area contributed by atoms with Gasteiger partial charge in [0, 0.05) is 16.5 Å². The summed E-state index contributed by atoms with van der Waals surface area (Å²) in [4.78, 5) is 53.8. The zero-order valence-corrected chi connectivity index (χ0v) is 20.6. The van der Waals surface area contributed by atoms with Crippen LogP contribution in [0, 0.1) is 10.1 Å². The molecule has 1 saturated heterocycles. The second-order valence-corrected chi connectivity index (χ2v) is 9.91. The number of anilines is 1. The minimum Gasteiger partial charge on any atom is -0.321 e. The van der Waals surface area contributed by atoms with E-state index in [1.165, 1.54) is 28.4 Å². The Hall–Kier alpha value is -3.56. The summed E-state index contributed by atoms with van der Waals surface area (Å²) >= 11 is 7.31. The molecular weight excluding hydrogens is 490 g/mol. The minimum absolute atomic E-state index is 0.0117. The Morgan fingerprint density at radius 1 is 1.20 bits per heavy atom. The predicted octanol–water partition coefficient (Wildman–Crippen LogP) is 5.41. The monoisotopic (exact) mass is 511 g/mol. The number of hydrogen-bond acceptors (Lipinski definition) is 6. The molecule has 10 heteroatoms. The van der Waals surface area contributed by atoms with Gasteiger partial charge in [-0.15, -0.1) is 11.3 Å². The highest BCUT2D eigenvalue weighted by molar-refractivity contribution is 7.09. The second-order valence-electron chi connectivity index (χ2n) is 8.47. The summed E-state index contributed by atoms with van der Waals surface area (Å²) in [5.41, 5.74) is 1.12. The Balaban J connectivity index is 1.68. The first kappa shape index (κ1) is 24.6. The first-order valence-electron chi connectivity index (χ1n) is 10.9. The maximum absolute atomic E-state index is 13.5. The lowest BCUT2D eigenvalue weighted by atomic mass is 10.0. The summed E-state index contributed by atoms with van der Waals surface area (Å²) in [6.45, 7) is 4.18. The number of amides is 3. The number of halogens is 1. The molecule has 0 N–H and O–H groups in total. The first-order valence-corrected chi connectivity index (χ1v) is 12.2. The number of nitrogens with zero attached hydrogens (tertiary/aromatic N) is 3. The quantitative estimate of drug-likeness (QED) is 0.240. The largest absolute Gasteiger partial charge is 0.321 e. The van der Waals surface area contributed by atoms with E-state index in [2.05, 4.69) is 0 Å². The van der Waals surface area contributed by atoms with Crippen molar-refractivity contribution in [2.75, 3.05) is 4.90 Å². The van der Waals surface area contributed by atoms with Gasteiger partial charge in [-0.3, -0.25) is 24.5 Å². The smallest absolute Gasteiger partial charge is 0.288 e. The average molecular weight is 512 g/mol. The number of imide groups is 1. The fourth-order valence-corrected chi connectivity index (χ4v) is 4.87. The zero-order valence-electron chi connectivity index (χ0n) is 19.0. The molecular formula is C25H22ClN3O5S. The third-order valence-corrected chi connectivity index (χ3v) is 7.05. The summed E-state index contributed by atoms with van der Waals surface area (Å²) in [7, 11) is 0. The minimum atomic E-state index is -1.04. The number of hydrogen-bond donors (Lipinski definition) is 0. The van der Waals surface area contributed by atoms with E-state index in [0.29, 0.717) is 11.6 Å². The number of rotatable bonds is 7. The molecule has 4 rings (SSSR count). The third kappa shape index (κ3) is 4.96. The van der Waals surface area contributed by atoms with Gasteiger partial charge in [-0.1, -0.05) is 43.6 Å². The van der Waals surface area contributed by atoms with E-state index in [0.717, 1.165) is 21.4 Å². The summed E-state index contributed by atoms with van der Waals surface area (Å²) in [6, 6.07) is 13.5. The van der Waals surface area contributed by atoms with Crippen molar-refractivity contribution in [1.82, 2.24) is 4.90 Å². The Morgan fingerprint density at radius 2 is 1.91 bits per heavy atom. The van der Waals surface area contributed by atoms with E-state index in [-0.39, 0.29) is 23.6 Å². The van der Waals surface area contributed by atoms with Crippen LogP contribution in [0.5, 0.6) is 0 Å². The van der Waals surface area contributed by atoms with Crippen LogP contribution in [0.1, 0.15) is 47.0 Å². The molecule has 0 radical (unpaired) electrons. The summed E-state index contributed by atoms with van der Waals surface area (Å²) in [6.07, 6.45) is -0.183. The van der Waals surface area contributed by atoms with Crippen molar-refractivity contribution >= 4 is 52.0 Å². The van der Waals surface area contributed by atoms with Crippen LogP contribution in [-0.2, 0) is 16.1 Å². The van der Waals surface area contributed by atoms with Gasteiger partial charge in [0.25, 0.3) is 17.5 Å². The van der Waals surface area contributed by atoms with Crippen LogP contribution in [0.25, 0.3) is 0 Å². The van der Waals surface area contributed by atoms with Crippen LogP contribution >= 0.6 is 22.9 Å². The lowest BCUT2D eigenvalue weighted by molar-refractivity contribution is -0.384. The van der Waals surface area contributed by atoms with E-state index in [4.69, 9.17) is 11.6 Å². The molecule has 2 aromatic carbocycles. The maximum atomic E-state index is 13.5. The first-order chi connectivity index (χ1) is 16.7. The van der Waals surface area contributed by atoms with Gasteiger partial charge in [-0.25, -0.2) is 4.90 Å². The SMILES string of the molecule is CC(C)c1ccc(N2C(=O)CC(N(Cc3cccs3)C(=O)c3ccc(Cl)c([N+](=O)[O-])c3)C2=O)cc1. The molecule has 0 bridgehead atoms. The van der Waals surface area contributed by atoms with Crippen LogP contribution < -0.4 is 4.90 Å². The fraction of sp³-hybridized carbons (Fsp3) is 0.240. The summed E-state index contributed by atoms with van der Waals surface area (Å²) < 4.78 is 0. The van der Waals surface area contributed by atoms with Crippen molar-refractivity contribution < 1.29 is 19.3 Å². The van der Waals surface area contributed by atoms with Crippen LogP contribution in [0.3, 0.4) is 0 Å². The highest BCUT2D eigenvalue weighted by atomic mass is 35.5. The standard InChI is InChI=1S/C25H22ClN3O5S/c1-15(2)16-5-8-18(9-6-16)28-23(30)13-22(25(28)32)27(14-19-4-3-11-35-19)24(31)17-7-10-20(26)21(12-17)29(33)34/h3-12,15,22H,13-14H2,1-2H3. The van der Waals surface area contributed by atoms with Crippen molar-refractivity contribution in [2.45, 2.75) is 38.8 Å². The molecule has 0 aliphatic carbocycles. The van der Waals surface area contributed by atoms with E-state index < -0.39 is 34.4 Å². The molecule has 0 spiro atoms. The molecule has 3 amide bonds. The average Bonchev–Trinajstić information content (AvgIpc) is 3.44. The van der Waals surface area contributed by atoms with Crippen molar-refractivity contribution in [3.8, 4) is 0 Å². The molecule has 0 saturated carbocycles. The van der Waals surface area contributed by atoms with Gasteiger partial charge < -0.3 is 4.90 Å². The Bertz CT molecular complexity index is 1290. The van der Waals surface area contributed by atoms with E-state index in [9.17, 15) is 24.5 Å². The molecule has 8 nitrogen and oxygen atoms in total. The lowest BCUT2D eigenvalue weighted by Crippen LogP contribution is -2.45. The summed E-state index contributed by atoms with van der Waals surface area (Å²) in [5.74, 6) is -1.23. The van der Waals surface area contributed by atoms with Crippen LogP contribution in [0.4, 0.5) is 11.4 Å². The molecule has 2 heterocycles. The van der Waals surface area contributed by atoms with Crippen molar-refractivity contribution in [1.29, 1.82) is 0 Å². The normalized spacial score (nSPS) is 15.7. The zero-order chi connectivity index (χ0) is 25.3. The molecule has 1 atom stereocenters. The third-order valence-electron chi connectivity index (χ3n) is 5.87. The Labute approximate surface area is 210 Å². The molecule has 1 aliphatic heterocycles. The van der Waals surface area contributed by atoms with Crippen LogP contribution in [0.15, 0.2) is 60.0 Å². The molecule has 3 aromatic rings. The molecule has 1 unspecified atom stereocenters. The Morgan fingerprint density at radius 3 is 2.51 bits per heavy atom. The number of thiophene rings is 1. The highest BCUT2D eigenvalue weighted by Gasteiger charge is 2.44. The highest BCUT2D eigenvalue weighted by Crippen LogP contribution is 2.31. The Kier molecular flexibility index (Phi) is 7.00. The predicted molar refractivity (Wildman–Crippen MR) is 134 cm³/mol. The van der Waals surface area contributed by atoms with Crippen molar-refractivity contribution in [3.63, 3.8) is 0 Å². The van der Waals surface area contributed by atoms with E-state index in [1.807, 2.05) is 43.5 Å². The van der Waals surface area contributed by atoms with Gasteiger partial charge >= 0.3 is 0 Å². The van der Waals surface area contributed by atoms with Gasteiger partial charge in [-0.05, 0) is 47.2 Å². The molecule has 180 valence electrons. The number of nitro groups is 1. The number of carbonyl (C=O) groups excluding carboxylic acids is 3. The van der Waals surface area contributed by atoms with Gasteiger partial charge in [0.2, 0.25) is 5.91 Å². The number of benzene rings is 2. The molecule has 1 aliphatic rings. The molecule has 35 heavy (non-hydrogen) atoms. The fourth-order valence-electron chi connectivity index (χ4n) is 3.98. The molecule has 1 aromatic heterocycles. The number of nitro benzene ring substituents is 1. The maximum Gasteiger partial charge on any atom is 0.288 e. The van der Waals surface area contributed by atoms with Gasteiger partial charge in [0.1, 0.15) is 11.1 Å². The second kappa shape index (κ2) is 9.97. The molecule has 1 fully saturated rings.